The molecule has 0 spiro atoms. The molecular weight excluding hydrogens is 369 g/mol. The van der Waals surface area contributed by atoms with Gasteiger partial charge >= 0.3 is 0 Å². The van der Waals surface area contributed by atoms with Gasteiger partial charge in [0, 0.05) is 23.4 Å². The standard InChI is InChI=1S/C28H34FN/c1-3-21-5-7-22(8-6-21)9-10-23-11-14-24(15-12-23)28-17-16-26(19-30-28)25-13-4-20(2)27(29)18-25/h3-4,9-10,13,16-19,21-24H,1,5-8,11-12,14-15H2,2H3/b10-9+. The van der Waals surface area contributed by atoms with Gasteiger partial charge in [0.05, 0.1) is 0 Å². The van der Waals surface area contributed by atoms with E-state index in [1.165, 1.54) is 57.1 Å². The fourth-order valence-electron chi connectivity index (χ4n) is 5.08. The molecule has 0 N–H and O–H groups in total. The predicted molar refractivity (Wildman–Crippen MR) is 124 cm³/mol. The van der Waals surface area contributed by atoms with Crippen molar-refractivity contribution < 1.29 is 4.39 Å². The third-order valence-corrected chi connectivity index (χ3v) is 7.29. The summed E-state index contributed by atoms with van der Waals surface area (Å²) in [7, 11) is 0. The van der Waals surface area contributed by atoms with Crippen LogP contribution in [0.5, 0.6) is 0 Å². The summed E-state index contributed by atoms with van der Waals surface area (Å²) in [4.78, 5) is 4.74. The number of nitrogens with zero attached hydrogens (tertiary/aromatic N) is 1. The minimum absolute atomic E-state index is 0.156. The first kappa shape index (κ1) is 21.0. The molecule has 1 aromatic carbocycles. The van der Waals surface area contributed by atoms with Crippen molar-refractivity contribution in [2.45, 2.75) is 64.2 Å². The van der Waals surface area contributed by atoms with Crippen molar-refractivity contribution >= 4 is 0 Å². The molecule has 0 amide bonds. The lowest BCUT2D eigenvalue weighted by molar-refractivity contribution is 0.348. The van der Waals surface area contributed by atoms with E-state index in [9.17, 15) is 4.39 Å². The van der Waals surface area contributed by atoms with Crippen molar-refractivity contribution in [3.63, 3.8) is 0 Å². The number of pyridine rings is 1. The summed E-state index contributed by atoms with van der Waals surface area (Å²) in [5.74, 6) is 2.65. The van der Waals surface area contributed by atoms with Crippen LogP contribution in [0.1, 0.15) is 68.5 Å². The van der Waals surface area contributed by atoms with Gasteiger partial charge in [-0.15, -0.1) is 6.58 Å². The molecular formula is C28H34FN. The van der Waals surface area contributed by atoms with Gasteiger partial charge in [-0.3, -0.25) is 4.98 Å². The monoisotopic (exact) mass is 403 g/mol. The molecule has 0 saturated heterocycles. The van der Waals surface area contributed by atoms with Gasteiger partial charge in [0.2, 0.25) is 0 Å². The maximum Gasteiger partial charge on any atom is 0.126 e. The second-order valence-corrected chi connectivity index (χ2v) is 9.34. The Bertz CT molecular complexity index is 866. The average Bonchev–Trinajstić information content (AvgIpc) is 2.80. The number of allylic oxidation sites excluding steroid dienone is 3. The van der Waals surface area contributed by atoms with Crippen molar-refractivity contribution in [1.29, 1.82) is 0 Å². The lowest BCUT2D eigenvalue weighted by Crippen LogP contribution is -2.14. The molecule has 0 bridgehead atoms. The Morgan fingerprint density at radius 3 is 2.00 bits per heavy atom. The minimum Gasteiger partial charge on any atom is -0.260 e. The Kier molecular flexibility index (Phi) is 6.82. The number of benzene rings is 1. The summed E-state index contributed by atoms with van der Waals surface area (Å²) in [6, 6.07) is 9.65. The molecule has 0 atom stereocenters. The van der Waals surface area contributed by atoms with Crippen LogP contribution >= 0.6 is 0 Å². The van der Waals surface area contributed by atoms with Gasteiger partial charge in [-0.2, -0.15) is 0 Å². The lowest BCUT2D eigenvalue weighted by atomic mass is 9.78. The molecule has 30 heavy (non-hydrogen) atoms. The molecule has 2 aliphatic carbocycles. The number of hydrogen-bond acceptors (Lipinski definition) is 1. The first-order valence-electron chi connectivity index (χ1n) is 11.7. The van der Waals surface area contributed by atoms with E-state index in [1.54, 1.807) is 13.0 Å². The van der Waals surface area contributed by atoms with Gasteiger partial charge < -0.3 is 0 Å². The van der Waals surface area contributed by atoms with Crippen LogP contribution < -0.4 is 0 Å². The molecule has 2 fully saturated rings. The average molecular weight is 404 g/mol. The molecule has 1 aromatic heterocycles. The Morgan fingerprint density at radius 1 is 0.833 bits per heavy atom. The van der Waals surface area contributed by atoms with Crippen molar-refractivity contribution in [2.24, 2.45) is 17.8 Å². The zero-order chi connectivity index (χ0) is 20.9. The highest BCUT2D eigenvalue weighted by atomic mass is 19.1. The number of aromatic nitrogens is 1. The molecule has 158 valence electrons. The van der Waals surface area contributed by atoms with Crippen LogP contribution in [0.4, 0.5) is 4.39 Å². The molecule has 2 aromatic rings. The molecule has 2 heteroatoms. The summed E-state index contributed by atoms with van der Waals surface area (Å²) in [6.07, 6.45) is 19.3. The van der Waals surface area contributed by atoms with E-state index in [-0.39, 0.29) is 5.82 Å². The fraction of sp³-hybridized carbons (Fsp3) is 0.464. The van der Waals surface area contributed by atoms with Crippen molar-refractivity contribution in [2.75, 3.05) is 0 Å². The second kappa shape index (κ2) is 9.73. The smallest absolute Gasteiger partial charge is 0.126 e. The molecule has 0 radical (unpaired) electrons. The van der Waals surface area contributed by atoms with E-state index in [0.29, 0.717) is 11.5 Å². The Morgan fingerprint density at radius 2 is 1.43 bits per heavy atom. The molecule has 2 saturated carbocycles. The Balaban J connectivity index is 1.29. The first-order valence-corrected chi connectivity index (χ1v) is 11.7. The van der Waals surface area contributed by atoms with E-state index in [0.717, 1.165) is 28.9 Å². The van der Waals surface area contributed by atoms with Gasteiger partial charge in [-0.1, -0.05) is 36.4 Å². The molecule has 2 aliphatic rings. The molecule has 0 unspecified atom stereocenters. The van der Waals surface area contributed by atoms with Crippen LogP contribution in [-0.4, -0.2) is 4.98 Å². The largest absolute Gasteiger partial charge is 0.260 e. The zero-order valence-corrected chi connectivity index (χ0v) is 18.2. The molecule has 1 heterocycles. The molecule has 1 nitrogen and oxygen atoms in total. The van der Waals surface area contributed by atoms with Crippen molar-refractivity contribution in [1.82, 2.24) is 4.98 Å². The van der Waals surface area contributed by atoms with Crippen LogP contribution in [0.3, 0.4) is 0 Å². The summed E-state index contributed by atoms with van der Waals surface area (Å²) < 4.78 is 13.9. The highest BCUT2D eigenvalue weighted by Crippen LogP contribution is 2.37. The van der Waals surface area contributed by atoms with Gasteiger partial charge in [0.1, 0.15) is 5.82 Å². The van der Waals surface area contributed by atoms with Crippen molar-refractivity contribution in [3.8, 4) is 11.1 Å². The van der Waals surface area contributed by atoms with Gasteiger partial charge in [0.15, 0.2) is 0 Å². The number of rotatable bonds is 5. The maximum atomic E-state index is 13.9. The lowest BCUT2D eigenvalue weighted by Gasteiger charge is -2.28. The third kappa shape index (κ3) is 5.09. The number of aryl methyl sites for hydroxylation is 1. The summed E-state index contributed by atoms with van der Waals surface area (Å²) in [5.41, 5.74) is 3.75. The first-order chi connectivity index (χ1) is 14.6. The predicted octanol–water partition coefficient (Wildman–Crippen LogP) is 8.02. The minimum atomic E-state index is -0.156. The van der Waals surface area contributed by atoms with Crippen LogP contribution in [0.15, 0.2) is 61.3 Å². The van der Waals surface area contributed by atoms with E-state index in [2.05, 4.69) is 36.9 Å². The van der Waals surface area contributed by atoms with E-state index in [1.807, 2.05) is 18.3 Å². The molecule has 0 aliphatic heterocycles. The van der Waals surface area contributed by atoms with Crippen LogP contribution in [0.25, 0.3) is 11.1 Å². The third-order valence-electron chi connectivity index (χ3n) is 7.29. The van der Waals surface area contributed by atoms with Crippen molar-refractivity contribution in [3.05, 3.63) is 78.4 Å². The Labute approximate surface area is 181 Å². The number of hydrogen-bond donors (Lipinski definition) is 0. The van der Waals surface area contributed by atoms with Gasteiger partial charge in [-0.05, 0) is 99.3 Å². The van der Waals surface area contributed by atoms with E-state index >= 15 is 0 Å². The van der Waals surface area contributed by atoms with E-state index in [4.69, 9.17) is 4.98 Å². The molecule has 4 rings (SSSR count). The SMILES string of the molecule is C=CC1CCC(/C=C/C2CCC(c3ccc(-c4ccc(C)c(F)c4)cn3)CC2)CC1. The maximum absolute atomic E-state index is 13.9. The normalized spacial score (nSPS) is 27.3. The zero-order valence-electron chi connectivity index (χ0n) is 18.2. The number of halogens is 1. The van der Waals surface area contributed by atoms with Gasteiger partial charge in [-0.25, -0.2) is 4.39 Å². The summed E-state index contributed by atoms with van der Waals surface area (Å²) in [5, 5.41) is 0. The van der Waals surface area contributed by atoms with Crippen LogP contribution in [0, 0.1) is 30.5 Å². The fourth-order valence-corrected chi connectivity index (χ4v) is 5.08. The van der Waals surface area contributed by atoms with E-state index < -0.39 is 0 Å². The van der Waals surface area contributed by atoms with Crippen LogP contribution in [0.2, 0.25) is 0 Å². The second-order valence-electron chi connectivity index (χ2n) is 9.34. The summed E-state index contributed by atoms with van der Waals surface area (Å²) >= 11 is 0. The topological polar surface area (TPSA) is 12.9 Å². The Hall–Kier alpha value is -2.22. The quantitative estimate of drug-likeness (QED) is 0.461. The highest BCUT2D eigenvalue weighted by Gasteiger charge is 2.23. The summed E-state index contributed by atoms with van der Waals surface area (Å²) in [6.45, 7) is 5.74. The highest BCUT2D eigenvalue weighted by molar-refractivity contribution is 5.63. The van der Waals surface area contributed by atoms with Gasteiger partial charge in [0.25, 0.3) is 0 Å². The van der Waals surface area contributed by atoms with Crippen LogP contribution in [-0.2, 0) is 0 Å².